The molecule has 2 heterocycles. The zero-order chi connectivity index (χ0) is 23.7. The minimum atomic E-state index is -3.48. The lowest BCUT2D eigenvalue weighted by Gasteiger charge is -2.31. The fraction of sp³-hybridized carbons (Fsp3) is 0.296. The van der Waals surface area contributed by atoms with E-state index < -0.39 is 10.0 Å². The van der Waals surface area contributed by atoms with Crippen molar-refractivity contribution in [3.8, 4) is 0 Å². The third kappa shape index (κ3) is 4.33. The van der Waals surface area contributed by atoms with Crippen molar-refractivity contribution in [3.63, 3.8) is 0 Å². The summed E-state index contributed by atoms with van der Waals surface area (Å²) in [6, 6.07) is 23.5. The van der Waals surface area contributed by atoms with Gasteiger partial charge in [0.15, 0.2) is 0 Å². The minimum Gasteiger partial charge on any atom is -0.341 e. The summed E-state index contributed by atoms with van der Waals surface area (Å²) in [6.45, 7) is 3.67. The Morgan fingerprint density at radius 2 is 1.71 bits per heavy atom. The molecule has 0 bridgehead atoms. The highest BCUT2D eigenvalue weighted by molar-refractivity contribution is 7.88. The monoisotopic (exact) mass is 475 g/mol. The number of aromatic nitrogens is 1. The number of carbonyl (C=O) groups excluding carboxylic acids is 1. The second-order valence-electron chi connectivity index (χ2n) is 8.92. The Morgan fingerprint density at radius 1 is 0.971 bits per heavy atom. The number of nitrogens with zero attached hydrogens (tertiary/aromatic N) is 2. The average Bonchev–Trinajstić information content (AvgIpc) is 3.17. The number of hydrogen-bond acceptors (Lipinski definition) is 3. The van der Waals surface area contributed by atoms with E-state index in [1.165, 1.54) is 9.82 Å². The molecule has 1 N–H and O–H groups in total. The number of nitrogens with one attached hydrogen (secondary N) is 1. The number of rotatable bonds is 6. The smallest absolute Gasteiger partial charge is 0.228 e. The third-order valence-electron chi connectivity index (χ3n) is 6.70. The lowest BCUT2D eigenvalue weighted by Crippen LogP contribution is -2.44. The van der Waals surface area contributed by atoms with Crippen LogP contribution in [0, 0.1) is 5.92 Å². The fourth-order valence-electron chi connectivity index (χ4n) is 5.00. The summed E-state index contributed by atoms with van der Waals surface area (Å²) in [4.78, 5) is 13.1. The molecule has 7 heteroatoms. The molecule has 34 heavy (non-hydrogen) atoms. The predicted molar refractivity (Wildman–Crippen MR) is 137 cm³/mol. The predicted octanol–water partition coefficient (Wildman–Crippen LogP) is 4.99. The van der Waals surface area contributed by atoms with E-state index in [2.05, 4.69) is 28.9 Å². The van der Waals surface area contributed by atoms with Crippen LogP contribution in [-0.2, 0) is 27.1 Å². The molecule has 1 saturated heterocycles. The van der Waals surface area contributed by atoms with Crippen molar-refractivity contribution in [3.05, 3.63) is 78.4 Å². The zero-order valence-corrected chi connectivity index (χ0v) is 20.1. The van der Waals surface area contributed by atoms with Gasteiger partial charge in [0.1, 0.15) is 0 Å². The molecule has 176 valence electrons. The van der Waals surface area contributed by atoms with Crippen LogP contribution in [0.4, 0.5) is 5.69 Å². The van der Waals surface area contributed by atoms with Gasteiger partial charge in [-0.05, 0) is 49.6 Å². The fourth-order valence-corrected chi connectivity index (χ4v) is 6.61. The Bertz CT molecular complexity index is 1440. The van der Waals surface area contributed by atoms with Crippen LogP contribution in [0.1, 0.15) is 25.3 Å². The normalized spacial score (nSPS) is 17.3. The molecular formula is C27H29N3O3S. The molecule has 3 aromatic carbocycles. The van der Waals surface area contributed by atoms with E-state index in [-0.39, 0.29) is 24.1 Å². The lowest BCUT2D eigenvalue weighted by atomic mass is 9.98. The van der Waals surface area contributed by atoms with Crippen LogP contribution in [0.2, 0.25) is 0 Å². The first-order chi connectivity index (χ1) is 16.5. The summed E-state index contributed by atoms with van der Waals surface area (Å²) < 4.78 is 29.7. The van der Waals surface area contributed by atoms with Gasteiger partial charge in [0, 0.05) is 47.1 Å². The van der Waals surface area contributed by atoms with E-state index in [1.807, 2.05) is 60.7 Å². The Labute approximate surface area is 200 Å². The highest BCUT2D eigenvalue weighted by atomic mass is 32.2. The van der Waals surface area contributed by atoms with Gasteiger partial charge in [0.25, 0.3) is 0 Å². The summed E-state index contributed by atoms with van der Waals surface area (Å²) in [6.07, 6.45) is 1.36. The number of para-hydroxylation sites is 1. The molecule has 0 radical (unpaired) electrons. The van der Waals surface area contributed by atoms with Gasteiger partial charge >= 0.3 is 0 Å². The first kappa shape index (κ1) is 22.6. The van der Waals surface area contributed by atoms with Crippen molar-refractivity contribution < 1.29 is 13.2 Å². The number of fused-ring (bicyclic) bond motifs is 3. The third-order valence-corrected chi connectivity index (χ3v) is 8.51. The number of aryl methyl sites for hydroxylation is 1. The van der Waals surface area contributed by atoms with E-state index in [4.69, 9.17) is 0 Å². The van der Waals surface area contributed by atoms with Crippen LogP contribution in [0.3, 0.4) is 0 Å². The minimum absolute atomic E-state index is 0.0413. The topological polar surface area (TPSA) is 71.4 Å². The summed E-state index contributed by atoms with van der Waals surface area (Å²) >= 11 is 0. The number of carbonyl (C=O) groups is 1. The van der Waals surface area contributed by atoms with Gasteiger partial charge in [0.05, 0.1) is 11.7 Å². The Hall–Kier alpha value is -3.16. The number of piperidine rings is 1. The molecule has 1 aliphatic rings. The molecule has 1 amide bonds. The van der Waals surface area contributed by atoms with Gasteiger partial charge in [-0.25, -0.2) is 12.7 Å². The molecule has 6 nitrogen and oxygen atoms in total. The van der Waals surface area contributed by atoms with Gasteiger partial charge in [-0.1, -0.05) is 48.5 Å². The van der Waals surface area contributed by atoms with Gasteiger partial charge in [0.2, 0.25) is 15.9 Å². The Morgan fingerprint density at radius 3 is 2.50 bits per heavy atom. The van der Waals surface area contributed by atoms with Crippen LogP contribution >= 0.6 is 0 Å². The zero-order valence-electron chi connectivity index (χ0n) is 19.3. The molecule has 1 atom stereocenters. The molecule has 1 fully saturated rings. The molecule has 0 saturated carbocycles. The highest BCUT2D eigenvalue weighted by Crippen LogP contribution is 2.31. The van der Waals surface area contributed by atoms with Gasteiger partial charge in [-0.15, -0.1) is 0 Å². The Kier molecular flexibility index (Phi) is 6.15. The lowest BCUT2D eigenvalue weighted by molar-refractivity contribution is -0.120. The number of anilines is 1. The molecule has 0 aliphatic carbocycles. The molecule has 0 spiro atoms. The van der Waals surface area contributed by atoms with E-state index in [0.29, 0.717) is 19.4 Å². The average molecular weight is 476 g/mol. The first-order valence-corrected chi connectivity index (χ1v) is 13.4. The molecule has 4 aromatic rings. The van der Waals surface area contributed by atoms with E-state index in [0.717, 1.165) is 34.1 Å². The second kappa shape index (κ2) is 9.24. The van der Waals surface area contributed by atoms with Crippen molar-refractivity contribution in [2.75, 3.05) is 18.4 Å². The molecular weight excluding hydrogens is 446 g/mol. The second-order valence-corrected chi connectivity index (χ2v) is 10.9. The summed E-state index contributed by atoms with van der Waals surface area (Å²) in [5, 5.41) is 5.31. The number of hydrogen-bond donors (Lipinski definition) is 1. The quantitative estimate of drug-likeness (QED) is 0.427. The van der Waals surface area contributed by atoms with Crippen molar-refractivity contribution in [2.45, 2.75) is 32.1 Å². The van der Waals surface area contributed by atoms with Crippen molar-refractivity contribution >= 4 is 43.4 Å². The van der Waals surface area contributed by atoms with Gasteiger partial charge < -0.3 is 9.88 Å². The van der Waals surface area contributed by atoms with Crippen molar-refractivity contribution in [2.24, 2.45) is 5.92 Å². The van der Waals surface area contributed by atoms with E-state index in [1.54, 1.807) is 0 Å². The van der Waals surface area contributed by atoms with Crippen LogP contribution in [-0.4, -0.2) is 36.3 Å². The van der Waals surface area contributed by atoms with Gasteiger partial charge in [-0.2, -0.15) is 0 Å². The van der Waals surface area contributed by atoms with Crippen LogP contribution in [0.15, 0.2) is 72.8 Å². The summed E-state index contributed by atoms with van der Waals surface area (Å²) in [5.74, 6) is -0.537. The van der Waals surface area contributed by atoms with Gasteiger partial charge in [-0.3, -0.25) is 4.79 Å². The molecule has 1 unspecified atom stereocenters. The van der Waals surface area contributed by atoms with E-state index >= 15 is 0 Å². The largest absolute Gasteiger partial charge is 0.341 e. The number of benzene rings is 3. The highest BCUT2D eigenvalue weighted by Gasteiger charge is 2.32. The summed E-state index contributed by atoms with van der Waals surface area (Å²) in [5.41, 5.74) is 3.81. The molecule has 1 aromatic heterocycles. The maximum Gasteiger partial charge on any atom is 0.228 e. The maximum absolute atomic E-state index is 13.1. The molecule has 1 aliphatic heterocycles. The van der Waals surface area contributed by atoms with Crippen molar-refractivity contribution in [1.82, 2.24) is 8.87 Å². The standard InChI is InChI=1S/C27H29N3O3S/c1-2-30-25-13-7-6-12-23(25)24-17-22(14-15-26(24)30)28-27(31)21-11-8-16-29(18-21)34(32,33)19-20-9-4-3-5-10-20/h3-7,9-10,12-15,17,21H,2,8,11,16,18-19H2,1H3,(H,28,31). The first-order valence-electron chi connectivity index (χ1n) is 11.8. The van der Waals surface area contributed by atoms with Crippen LogP contribution < -0.4 is 5.32 Å². The Balaban J connectivity index is 1.33. The van der Waals surface area contributed by atoms with E-state index in [9.17, 15) is 13.2 Å². The van der Waals surface area contributed by atoms with Crippen LogP contribution in [0.25, 0.3) is 21.8 Å². The molecule has 5 rings (SSSR count). The number of sulfonamides is 1. The maximum atomic E-state index is 13.1. The summed E-state index contributed by atoms with van der Waals surface area (Å²) in [7, 11) is -3.48. The SMILES string of the molecule is CCn1c2ccccc2c2cc(NC(=O)C3CCCN(S(=O)(=O)Cc4ccccc4)C3)ccc21. The van der Waals surface area contributed by atoms with Crippen molar-refractivity contribution in [1.29, 1.82) is 0 Å². The number of amides is 1. The van der Waals surface area contributed by atoms with Crippen LogP contribution in [0.5, 0.6) is 0 Å².